The molecule has 0 radical (unpaired) electrons. The first kappa shape index (κ1) is 15.6. The fraction of sp³-hybridized carbons (Fsp3) is 0.667. The number of rotatable bonds is 6. The highest BCUT2D eigenvalue weighted by Gasteiger charge is 2.22. The van der Waals surface area contributed by atoms with E-state index in [1.807, 2.05) is 18.7 Å². The van der Waals surface area contributed by atoms with Gasteiger partial charge in [-0.1, -0.05) is 20.3 Å². The summed E-state index contributed by atoms with van der Waals surface area (Å²) in [6, 6.07) is 0.250. The van der Waals surface area contributed by atoms with Gasteiger partial charge in [-0.15, -0.1) is 0 Å². The van der Waals surface area contributed by atoms with Gasteiger partial charge in [-0.3, -0.25) is 4.79 Å². The minimum Gasteiger partial charge on any atom is -0.336 e. The molecule has 0 fully saturated rings. The van der Waals surface area contributed by atoms with E-state index in [2.05, 4.69) is 30.7 Å². The van der Waals surface area contributed by atoms with Crippen molar-refractivity contribution in [3.63, 3.8) is 0 Å². The van der Waals surface area contributed by atoms with Gasteiger partial charge in [0.05, 0.1) is 11.3 Å². The molecule has 0 bridgehead atoms. The van der Waals surface area contributed by atoms with Gasteiger partial charge in [0.1, 0.15) is 5.82 Å². The third-order valence-electron chi connectivity index (χ3n) is 3.47. The maximum atomic E-state index is 12.6. The van der Waals surface area contributed by atoms with Crippen molar-refractivity contribution in [2.24, 2.45) is 0 Å². The van der Waals surface area contributed by atoms with Gasteiger partial charge in [0.15, 0.2) is 0 Å². The molecule has 1 atom stereocenters. The molecule has 0 unspecified atom stereocenters. The van der Waals surface area contributed by atoms with E-state index >= 15 is 0 Å². The second-order valence-electron chi connectivity index (χ2n) is 5.03. The van der Waals surface area contributed by atoms with Crippen molar-refractivity contribution in [3.05, 3.63) is 23.3 Å². The molecular formula is C15H25N3O. The largest absolute Gasteiger partial charge is 0.336 e. The van der Waals surface area contributed by atoms with Gasteiger partial charge in [0.2, 0.25) is 0 Å². The molecule has 1 heterocycles. The number of unbranched alkanes of at least 4 members (excludes halogenated alkanes) is 1. The van der Waals surface area contributed by atoms with Gasteiger partial charge < -0.3 is 4.90 Å². The van der Waals surface area contributed by atoms with Gasteiger partial charge in [0, 0.05) is 18.8 Å². The van der Waals surface area contributed by atoms with E-state index in [1.54, 1.807) is 6.20 Å². The van der Waals surface area contributed by atoms with Crippen LogP contribution in [0.1, 0.15) is 61.9 Å². The second-order valence-corrected chi connectivity index (χ2v) is 5.03. The van der Waals surface area contributed by atoms with Gasteiger partial charge in [-0.2, -0.15) is 0 Å². The van der Waals surface area contributed by atoms with Crippen molar-refractivity contribution in [2.75, 3.05) is 6.54 Å². The first-order chi connectivity index (χ1) is 9.01. The monoisotopic (exact) mass is 263 g/mol. The van der Waals surface area contributed by atoms with Crippen LogP contribution in [0.25, 0.3) is 0 Å². The Morgan fingerprint density at radius 2 is 2.05 bits per heavy atom. The summed E-state index contributed by atoms with van der Waals surface area (Å²) in [6.07, 6.45) is 4.73. The number of amides is 1. The minimum absolute atomic E-state index is 0.0558. The third-order valence-corrected chi connectivity index (χ3v) is 3.47. The molecule has 1 aromatic heterocycles. The summed E-state index contributed by atoms with van der Waals surface area (Å²) < 4.78 is 0. The minimum atomic E-state index is 0.0558. The van der Waals surface area contributed by atoms with Crippen LogP contribution in [0.3, 0.4) is 0 Å². The molecule has 4 nitrogen and oxygen atoms in total. The highest BCUT2D eigenvalue weighted by atomic mass is 16.2. The molecule has 0 aromatic carbocycles. The summed E-state index contributed by atoms with van der Waals surface area (Å²) in [6.45, 7) is 10.9. The molecule has 0 saturated heterocycles. The van der Waals surface area contributed by atoms with Crippen LogP contribution >= 0.6 is 0 Å². The average Bonchev–Trinajstić information content (AvgIpc) is 2.38. The van der Waals surface area contributed by atoms with Crippen molar-refractivity contribution in [1.29, 1.82) is 0 Å². The Morgan fingerprint density at radius 3 is 2.58 bits per heavy atom. The van der Waals surface area contributed by atoms with Crippen LogP contribution in [-0.2, 0) is 0 Å². The van der Waals surface area contributed by atoms with Gasteiger partial charge in [0.25, 0.3) is 5.91 Å². The summed E-state index contributed by atoms with van der Waals surface area (Å²) in [7, 11) is 0. The van der Waals surface area contributed by atoms with Crippen molar-refractivity contribution < 1.29 is 4.79 Å². The summed E-state index contributed by atoms with van der Waals surface area (Å²) in [5.74, 6) is 0.762. The molecule has 1 amide bonds. The molecular weight excluding hydrogens is 238 g/mol. The van der Waals surface area contributed by atoms with E-state index in [0.29, 0.717) is 11.4 Å². The molecule has 0 aliphatic heterocycles. The summed E-state index contributed by atoms with van der Waals surface area (Å²) in [4.78, 5) is 23.0. The zero-order chi connectivity index (χ0) is 14.4. The average molecular weight is 263 g/mol. The van der Waals surface area contributed by atoms with Crippen LogP contribution < -0.4 is 0 Å². The fourth-order valence-electron chi connectivity index (χ4n) is 2.02. The van der Waals surface area contributed by atoms with Crippen molar-refractivity contribution >= 4 is 5.91 Å². The number of hydrogen-bond donors (Lipinski definition) is 0. The number of aromatic nitrogens is 2. The molecule has 19 heavy (non-hydrogen) atoms. The lowest BCUT2D eigenvalue weighted by Gasteiger charge is -2.29. The first-order valence-corrected chi connectivity index (χ1v) is 7.12. The SMILES string of the molecule is CCCCN(C(=O)c1cnc(C)nc1C)[C@H](C)CC. The molecule has 1 rings (SSSR count). The first-order valence-electron chi connectivity index (χ1n) is 7.12. The van der Waals surface area contributed by atoms with Crippen molar-refractivity contribution in [2.45, 2.75) is 59.9 Å². The zero-order valence-electron chi connectivity index (χ0n) is 12.7. The number of hydrogen-bond acceptors (Lipinski definition) is 3. The van der Waals surface area contributed by atoms with Crippen molar-refractivity contribution in [3.8, 4) is 0 Å². The maximum Gasteiger partial charge on any atom is 0.257 e. The molecule has 0 aliphatic rings. The number of carbonyl (C=O) groups excluding carboxylic acids is 1. The summed E-state index contributed by atoms with van der Waals surface area (Å²) in [5.41, 5.74) is 1.39. The lowest BCUT2D eigenvalue weighted by Crippen LogP contribution is -2.39. The Hall–Kier alpha value is -1.45. The van der Waals surface area contributed by atoms with Crippen LogP contribution in [0.15, 0.2) is 6.20 Å². The lowest BCUT2D eigenvalue weighted by atomic mass is 10.1. The Kier molecular flexibility index (Phi) is 5.93. The predicted molar refractivity (Wildman–Crippen MR) is 77.2 cm³/mol. The van der Waals surface area contributed by atoms with E-state index in [4.69, 9.17) is 0 Å². The standard InChI is InChI=1S/C15H25N3O/c1-6-8-9-18(11(3)7-2)15(19)14-10-16-13(5)17-12(14)4/h10-11H,6-9H2,1-5H3/t11-/m1/s1. The third kappa shape index (κ3) is 4.01. The topological polar surface area (TPSA) is 46.1 Å². The van der Waals surface area contributed by atoms with E-state index < -0.39 is 0 Å². The molecule has 1 aromatic rings. The molecule has 0 N–H and O–H groups in total. The van der Waals surface area contributed by atoms with Crippen LogP contribution in [0, 0.1) is 13.8 Å². The molecule has 4 heteroatoms. The van der Waals surface area contributed by atoms with Crippen molar-refractivity contribution in [1.82, 2.24) is 14.9 Å². The normalized spacial score (nSPS) is 12.3. The van der Waals surface area contributed by atoms with Gasteiger partial charge in [-0.25, -0.2) is 9.97 Å². The second kappa shape index (κ2) is 7.22. The summed E-state index contributed by atoms with van der Waals surface area (Å²) >= 11 is 0. The summed E-state index contributed by atoms with van der Waals surface area (Å²) in [5, 5.41) is 0. The maximum absolute atomic E-state index is 12.6. The Balaban J connectivity index is 2.97. The molecule has 0 spiro atoms. The number of carbonyl (C=O) groups is 1. The van der Waals surface area contributed by atoms with E-state index in [9.17, 15) is 4.79 Å². The number of nitrogens with zero attached hydrogens (tertiary/aromatic N) is 3. The van der Waals surface area contributed by atoms with Crippen LogP contribution in [-0.4, -0.2) is 33.4 Å². The van der Waals surface area contributed by atoms with Crippen LogP contribution in [0.2, 0.25) is 0 Å². The van der Waals surface area contributed by atoms with E-state index in [-0.39, 0.29) is 11.9 Å². The van der Waals surface area contributed by atoms with E-state index in [1.165, 1.54) is 0 Å². The van der Waals surface area contributed by atoms with E-state index in [0.717, 1.165) is 31.5 Å². The van der Waals surface area contributed by atoms with Crippen LogP contribution in [0.5, 0.6) is 0 Å². The lowest BCUT2D eigenvalue weighted by molar-refractivity contribution is 0.0683. The zero-order valence-corrected chi connectivity index (χ0v) is 12.7. The number of aryl methyl sites for hydroxylation is 2. The predicted octanol–water partition coefficient (Wildman–Crippen LogP) is 3.13. The fourth-order valence-corrected chi connectivity index (χ4v) is 2.02. The Bertz CT molecular complexity index is 431. The smallest absolute Gasteiger partial charge is 0.257 e. The molecule has 0 aliphatic carbocycles. The van der Waals surface area contributed by atoms with Gasteiger partial charge in [-0.05, 0) is 33.6 Å². The Labute approximate surface area is 116 Å². The quantitative estimate of drug-likeness (QED) is 0.792. The highest BCUT2D eigenvalue weighted by Crippen LogP contribution is 2.13. The molecule has 106 valence electrons. The molecule has 0 saturated carbocycles. The van der Waals surface area contributed by atoms with Gasteiger partial charge >= 0.3 is 0 Å². The van der Waals surface area contributed by atoms with Crippen LogP contribution in [0.4, 0.5) is 0 Å². The Morgan fingerprint density at radius 1 is 1.37 bits per heavy atom. The highest BCUT2D eigenvalue weighted by molar-refractivity contribution is 5.95.